The Balaban J connectivity index is 3.18. The molecule has 5 atom stereocenters. The molecule has 0 aromatic heterocycles. The van der Waals surface area contributed by atoms with E-state index in [1.165, 1.54) is 7.11 Å². The zero-order valence-electron chi connectivity index (χ0n) is 10.5. The summed E-state index contributed by atoms with van der Waals surface area (Å²) in [5.41, 5.74) is -1.97. The Hall–Kier alpha value is -0.900. The summed E-state index contributed by atoms with van der Waals surface area (Å²) >= 11 is 0. The Morgan fingerprint density at radius 2 is 1.75 bits per heavy atom. The van der Waals surface area contributed by atoms with Crippen molar-refractivity contribution in [3.63, 3.8) is 0 Å². The van der Waals surface area contributed by atoms with Gasteiger partial charge in [-0.05, 0) is 11.8 Å². The van der Waals surface area contributed by atoms with Crippen LogP contribution in [0.15, 0.2) is 0 Å². The number of ketones is 1. The molecule has 0 radical (unpaired) electrons. The van der Waals surface area contributed by atoms with Gasteiger partial charge in [0.15, 0.2) is 5.78 Å². The van der Waals surface area contributed by atoms with E-state index in [4.69, 9.17) is 0 Å². The van der Waals surface area contributed by atoms with Gasteiger partial charge in [0.25, 0.3) is 0 Å². The monoisotopic (exact) mass is 228 g/mol. The van der Waals surface area contributed by atoms with Gasteiger partial charge in [-0.15, -0.1) is 0 Å². The predicted octanol–water partition coefficient (Wildman–Crippen LogP) is 1.02. The minimum absolute atomic E-state index is 0.0943. The van der Waals surface area contributed by atoms with Crippen LogP contribution in [0.2, 0.25) is 0 Å². The topological polar surface area (TPSA) is 63.6 Å². The first-order valence-electron chi connectivity index (χ1n) is 5.63. The fourth-order valence-corrected chi connectivity index (χ4v) is 2.54. The molecule has 4 heteroatoms. The smallest absolute Gasteiger partial charge is 0.346 e. The van der Waals surface area contributed by atoms with Gasteiger partial charge in [-0.2, -0.15) is 0 Å². The van der Waals surface area contributed by atoms with Crippen LogP contribution in [0.5, 0.6) is 0 Å². The standard InChI is InChI=1S/C12H20O4/c1-6-7(2)9(4)12(15,11(14)16-5)10(13)8(6)3/h6-9,15H,1-5H3. The average Bonchev–Trinajstić information content (AvgIpc) is 2.30. The largest absolute Gasteiger partial charge is 0.467 e. The minimum Gasteiger partial charge on any atom is -0.467 e. The van der Waals surface area contributed by atoms with Crippen LogP contribution in [0.3, 0.4) is 0 Å². The fourth-order valence-electron chi connectivity index (χ4n) is 2.54. The van der Waals surface area contributed by atoms with Crippen molar-refractivity contribution < 1.29 is 19.4 Å². The van der Waals surface area contributed by atoms with Crippen LogP contribution in [-0.2, 0) is 14.3 Å². The molecule has 1 aliphatic carbocycles. The van der Waals surface area contributed by atoms with Crippen molar-refractivity contribution in [1.82, 2.24) is 0 Å². The maximum Gasteiger partial charge on any atom is 0.346 e. The van der Waals surface area contributed by atoms with E-state index in [9.17, 15) is 14.7 Å². The highest BCUT2D eigenvalue weighted by atomic mass is 16.5. The lowest BCUT2D eigenvalue weighted by Gasteiger charge is -2.44. The normalized spacial score (nSPS) is 44.2. The van der Waals surface area contributed by atoms with E-state index in [0.29, 0.717) is 0 Å². The van der Waals surface area contributed by atoms with Crippen molar-refractivity contribution in [1.29, 1.82) is 0 Å². The Morgan fingerprint density at radius 3 is 2.19 bits per heavy atom. The van der Waals surface area contributed by atoms with Gasteiger partial charge < -0.3 is 9.84 Å². The number of aliphatic hydroxyl groups is 1. The fraction of sp³-hybridized carbons (Fsp3) is 0.833. The third kappa shape index (κ3) is 1.56. The number of methoxy groups -OCH3 is 1. The molecule has 1 rings (SSSR count). The van der Waals surface area contributed by atoms with Gasteiger partial charge in [0.05, 0.1) is 7.11 Å². The molecule has 0 amide bonds. The molecule has 0 heterocycles. The summed E-state index contributed by atoms with van der Waals surface area (Å²) in [6.07, 6.45) is 0. The average molecular weight is 228 g/mol. The SMILES string of the molecule is COC(=O)C1(O)C(=O)C(C)C(C)C(C)C1C. The Bertz CT molecular complexity index is 312. The molecule has 92 valence electrons. The molecule has 5 unspecified atom stereocenters. The van der Waals surface area contributed by atoms with Crippen LogP contribution in [0, 0.1) is 23.7 Å². The maximum absolute atomic E-state index is 12.1. The molecule has 1 aliphatic rings. The Kier molecular flexibility index (Phi) is 3.43. The van der Waals surface area contributed by atoms with Crippen molar-refractivity contribution in [3.05, 3.63) is 0 Å². The van der Waals surface area contributed by atoms with E-state index in [0.717, 1.165) is 0 Å². The second kappa shape index (κ2) is 4.17. The summed E-state index contributed by atoms with van der Waals surface area (Å²) in [6, 6.07) is 0. The molecule has 0 aromatic rings. The van der Waals surface area contributed by atoms with Crippen LogP contribution in [0.1, 0.15) is 27.7 Å². The van der Waals surface area contributed by atoms with Gasteiger partial charge in [0, 0.05) is 11.8 Å². The number of hydrogen-bond acceptors (Lipinski definition) is 4. The lowest BCUT2D eigenvalue weighted by atomic mass is 9.61. The Labute approximate surface area is 96.0 Å². The van der Waals surface area contributed by atoms with Crippen LogP contribution in [0.4, 0.5) is 0 Å². The molecule has 4 nitrogen and oxygen atoms in total. The summed E-state index contributed by atoms with van der Waals surface area (Å²) in [6.45, 7) is 7.40. The van der Waals surface area contributed by atoms with Crippen molar-refractivity contribution in [2.75, 3.05) is 7.11 Å². The third-order valence-corrected chi connectivity index (χ3v) is 4.35. The number of rotatable bonds is 1. The van der Waals surface area contributed by atoms with E-state index in [2.05, 4.69) is 4.74 Å². The van der Waals surface area contributed by atoms with Gasteiger partial charge in [0.2, 0.25) is 5.60 Å². The molecule has 0 saturated heterocycles. The van der Waals surface area contributed by atoms with Crippen molar-refractivity contribution in [3.8, 4) is 0 Å². The van der Waals surface area contributed by atoms with Crippen LogP contribution in [0.25, 0.3) is 0 Å². The number of esters is 1. The molecular formula is C12H20O4. The van der Waals surface area contributed by atoms with E-state index < -0.39 is 23.3 Å². The first kappa shape index (κ1) is 13.2. The highest BCUT2D eigenvalue weighted by Gasteiger charge is 2.58. The van der Waals surface area contributed by atoms with E-state index >= 15 is 0 Å². The van der Waals surface area contributed by atoms with Crippen LogP contribution in [-0.4, -0.2) is 29.6 Å². The van der Waals surface area contributed by atoms with Crippen LogP contribution >= 0.6 is 0 Å². The zero-order valence-corrected chi connectivity index (χ0v) is 10.5. The summed E-state index contributed by atoms with van der Waals surface area (Å²) < 4.78 is 4.56. The lowest BCUT2D eigenvalue weighted by molar-refractivity contribution is -0.185. The third-order valence-electron chi connectivity index (χ3n) is 4.35. The van der Waals surface area contributed by atoms with Gasteiger partial charge >= 0.3 is 5.97 Å². The lowest BCUT2D eigenvalue weighted by Crippen LogP contribution is -2.61. The van der Waals surface area contributed by atoms with E-state index in [-0.39, 0.29) is 17.8 Å². The molecule has 16 heavy (non-hydrogen) atoms. The quantitative estimate of drug-likeness (QED) is 0.537. The summed E-state index contributed by atoms with van der Waals surface area (Å²) in [5.74, 6) is -1.74. The second-order valence-corrected chi connectivity index (χ2v) is 4.92. The van der Waals surface area contributed by atoms with Gasteiger partial charge in [-0.3, -0.25) is 4.79 Å². The molecule has 0 spiro atoms. The number of Topliss-reactive ketones (excluding diaryl/α,β-unsaturated/α-hetero) is 1. The summed E-state index contributed by atoms with van der Waals surface area (Å²) in [7, 11) is 1.19. The summed E-state index contributed by atoms with van der Waals surface area (Å²) in [4.78, 5) is 23.7. The maximum atomic E-state index is 12.1. The predicted molar refractivity (Wildman–Crippen MR) is 58.6 cm³/mol. The van der Waals surface area contributed by atoms with Crippen molar-refractivity contribution in [2.45, 2.75) is 33.3 Å². The number of carbonyl (C=O) groups excluding carboxylic acids is 2. The molecular weight excluding hydrogens is 208 g/mol. The molecule has 0 aliphatic heterocycles. The highest BCUT2D eigenvalue weighted by Crippen LogP contribution is 2.42. The molecule has 1 saturated carbocycles. The number of carbonyl (C=O) groups is 2. The second-order valence-electron chi connectivity index (χ2n) is 4.92. The van der Waals surface area contributed by atoms with Crippen LogP contribution < -0.4 is 0 Å². The minimum atomic E-state index is -1.97. The first-order valence-corrected chi connectivity index (χ1v) is 5.63. The van der Waals surface area contributed by atoms with Crippen molar-refractivity contribution in [2.24, 2.45) is 23.7 Å². The molecule has 0 aromatic carbocycles. The molecule has 0 bridgehead atoms. The van der Waals surface area contributed by atoms with Gasteiger partial charge in [0.1, 0.15) is 0 Å². The zero-order chi connectivity index (χ0) is 12.7. The number of ether oxygens (including phenoxy) is 1. The molecule has 1 fully saturated rings. The first-order chi connectivity index (χ1) is 7.28. The summed E-state index contributed by atoms with van der Waals surface area (Å²) in [5, 5.41) is 10.3. The van der Waals surface area contributed by atoms with E-state index in [1.807, 2.05) is 13.8 Å². The number of hydrogen-bond donors (Lipinski definition) is 1. The van der Waals surface area contributed by atoms with Gasteiger partial charge in [-0.1, -0.05) is 27.7 Å². The highest BCUT2D eigenvalue weighted by molar-refractivity contribution is 6.08. The van der Waals surface area contributed by atoms with Gasteiger partial charge in [-0.25, -0.2) is 4.79 Å². The van der Waals surface area contributed by atoms with E-state index in [1.54, 1.807) is 13.8 Å². The van der Waals surface area contributed by atoms with Crippen molar-refractivity contribution >= 4 is 11.8 Å². The Morgan fingerprint density at radius 1 is 1.25 bits per heavy atom. The molecule has 1 N–H and O–H groups in total.